The highest BCUT2D eigenvalue weighted by Crippen LogP contribution is 2.25. The minimum Gasteiger partial charge on any atom is -0.271 e. The lowest BCUT2D eigenvalue weighted by molar-refractivity contribution is 0.424. The topological polar surface area (TPSA) is 50.9 Å². The molecule has 0 spiro atoms. The van der Waals surface area contributed by atoms with Gasteiger partial charge in [-0.25, -0.2) is 0 Å². The van der Waals surface area contributed by atoms with Crippen LogP contribution in [0.15, 0.2) is 53.1 Å². The standard InChI is InChI=1S/C16H20BrN3/c1-2-15(12-6-4-3-5-7-12)16(20-18)10-14-9-8-13(17)11-19-14/h3-9,11,15-16,20H,2,10,18H2,1H3. The smallest absolute Gasteiger partial charge is 0.0420 e. The maximum absolute atomic E-state index is 5.78. The molecule has 2 atom stereocenters. The number of halogens is 1. The molecule has 0 bridgehead atoms. The van der Waals surface area contributed by atoms with Crippen LogP contribution in [0.4, 0.5) is 0 Å². The molecule has 106 valence electrons. The Morgan fingerprint density at radius 2 is 1.95 bits per heavy atom. The highest BCUT2D eigenvalue weighted by Gasteiger charge is 2.21. The number of nitrogens with two attached hydrogens (primary N) is 1. The third-order valence-electron chi connectivity index (χ3n) is 3.59. The zero-order valence-electron chi connectivity index (χ0n) is 11.6. The van der Waals surface area contributed by atoms with Crippen LogP contribution in [0.3, 0.4) is 0 Å². The molecule has 4 heteroatoms. The van der Waals surface area contributed by atoms with Crippen molar-refractivity contribution in [2.24, 2.45) is 5.84 Å². The maximum atomic E-state index is 5.78. The van der Waals surface area contributed by atoms with Gasteiger partial charge >= 0.3 is 0 Å². The predicted molar refractivity (Wildman–Crippen MR) is 86.2 cm³/mol. The van der Waals surface area contributed by atoms with Crippen molar-refractivity contribution in [1.29, 1.82) is 0 Å². The molecule has 0 fully saturated rings. The zero-order chi connectivity index (χ0) is 14.4. The first-order chi connectivity index (χ1) is 9.74. The van der Waals surface area contributed by atoms with Gasteiger partial charge < -0.3 is 0 Å². The molecular formula is C16H20BrN3. The Bertz CT molecular complexity index is 513. The van der Waals surface area contributed by atoms with Gasteiger partial charge in [0.05, 0.1) is 0 Å². The van der Waals surface area contributed by atoms with E-state index in [0.717, 1.165) is 23.0 Å². The first kappa shape index (κ1) is 15.2. The van der Waals surface area contributed by atoms with E-state index in [0.29, 0.717) is 5.92 Å². The summed E-state index contributed by atoms with van der Waals surface area (Å²) < 4.78 is 0.994. The van der Waals surface area contributed by atoms with Gasteiger partial charge in [-0.2, -0.15) is 0 Å². The maximum Gasteiger partial charge on any atom is 0.0420 e. The molecule has 0 amide bonds. The fourth-order valence-electron chi connectivity index (χ4n) is 2.52. The third kappa shape index (κ3) is 3.88. The van der Waals surface area contributed by atoms with Crippen LogP contribution >= 0.6 is 15.9 Å². The lowest BCUT2D eigenvalue weighted by Crippen LogP contribution is -2.41. The largest absolute Gasteiger partial charge is 0.271 e. The Balaban J connectivity index is 2.15. The number of pyridine rings is 1. The van der Waals surface area contributed by atoms with E-state index in [2.05, 4.69) is 57.5 Å². The second kappa shape index (κ2) is 7.53. The van der Waals surface area contributed by atoms with E-state index in [1.54, 1.807) is 0 Å². The number of hydrogen-bond donors (Lipinski definition) is 2. The molecule has 20 heavy (non-hydrogen) atoms. The van der Waals surface area contributed by atoms with Crippen molar-refractivity contribution in [3.63, 3.8) is 0 Å². The summed E-state index contributed by atoms with van der Waals surface area (Å²) in [5.41, 5.74) is 5.32. The Morgan fingerprint density at radius 1 is 1.20 bits per heavy atom. The quantitative estimate of drug-likeness (QED) is 0.629. The molecular weight excluding hydrogens is 314 g/mol. The van der Waals surface area contributed by atoms with Crippen molar-refractivity contribution in [2.75, 3.05) is 0 Å². The molecule has 2 aromatic rings. The van der Waals surface area contributed by atoms with Crippen LogP contribution in [0.2, 0.25) is 0 Å². The van der Waals surface area contributed by atoms with Crippen LogP contribution in [0.5, 0.6) is 0 Å². The van der Waals surface area contributed by atoms with E-state index in [-0.39, 0.29) is 6.04 Å². The highest BCUT2D eigenvalue weighted by molar-refractivity contribution is 9.10. The number of hydrazine groups is 1. The lowest BCUT2D eigenvalue weighted by Gasteiger charge is -2.26. The van der Waals surface area contributed by atoms with Gasteiger partial charge in [-0.05, 0) is 40.0 Å². The summed E-state index contributed by atoms with van der Waals surface area (Å²) >= 11 is 3.41. The average molecular weight is 334 g/mol. The minimum absolute atomic E-state index is 0.177. The van der Waals surface area contributed by atoms with Crippen LogP contribution in [-0.4, -0.2) is 11.0 Å². The van der Waals surface area contributed by atoms with Crippen molar-refractivity contribution in [1.82, 2.24) is 10.4 Å². The molecule has 0 radical (unpaired) electrons. The van der Waals surface area contributed by atoms with E-state index in [4.69, 9.17) is 5.84 Å². The SMILES string of the molecule is CCC(c1ccccc1)C(Cc1ccc(Br)cn1)NN. The van der Waals surface area contributed by atoms with Gasteiger partial charge in [-0.3, -0.25) is 16.3 Å². The van der Waals surface area contributed by atoms with Gasteiger partial charge in [-0.15, -0.1) is 0 Å². The summed E-state index contributed by atoms with van der Waals surface area (Å²) in [7, 11) is 0. The number of benzene rings is 1. The number of hydrogen-bond acceptors (Lipinski definition) is 3. The normalized spacial score (nSPS) is 13.9. The molecule has 2 unspecified atom stereocenters. The molecule has 1 aromatic heterocycles. The third-order valence-corrected chi connectivity index (χ3v) is 4.05. The van der Waals surface area contributed by atoms with Gasteiger partial charge in [0.2, 0.25) is 0 Å². The molecule has 3 N–H and O–H groups in total. The molecule has 1 aromatic carbocycles. The summed E-state index contributed by atoms with van der Waals surface area (Å²) in [5, 5.41) is 0. The van der Waals surface area contributed by atoms with E-state index in [1.165, 1.54) is 5.56 Å². The summed E-state index contributed by atoms with van der Waals surface area (Å²) in [6.45, 7) is 2.19. The fourth-order valence-corrected chi connectivity index (χ4v) is 2.76. The first-order valence-electron chi connectivity index (χ1n) is 6.86. The Morgan fingerprint density at radius 3 is 2.50 bits per heavy atom. The van der Waals surface area contributed by atoms with Crippen molar-refractivity contribution in [3.8, 4) is 0 Å². The molecule has 0 aliphatic carbocycles. The lowest BCUT2D eigenvalue weighted by atomic mass is 9.87. The molecule has 1 heterocycles. The highest BCUT2D eigenvalue weighted by atomic mass is 79.9. The van der Waals surface area contributed by atoms with Crippen LogP contribution in [0, 0.1) is 0 Å². The van der Waals surface area contributed by atoms with E-state index < -0.39 is 0 Å². The molecule has 3 nitrogen and oxygen atoms in total. The van der Waals surface area contributed by atoms with Crippen LogP contribution in [-0.2, 0) is 6.42 Å². The Labute approximate surface area is 128 Å². The second-order valence-corrected chi connectivity index (χ2v) is 5.79. The average Bonchev–Trinajstić information content (AvgIpc) is 2.50. The molecule has 0 aliphatic rings. The summed E-state index contributed by atoms with van der Waals surface area (Å²) in [4.78, 5) is 4.43. The first-order valence-corrected chi connectivity index (χ1v) is 7.65. The van der Waals surface area contributed by atoms with Crippen molar-refractivity contribution in [3.05, 3.63) is 64.4 Å². The number of aromatic nitrogens is 1. The monoisotopic (exact) mass is 333 g/mol. The second-order valence-electron chi connectivity index (χ2n) is 4.87. The van der Waals surface area contributed by atoms with Crippen molar-refractivity contribution < 1.29 is 0 Å². The summed E-state index contributed by atoms with van der Waals surface area (Å²) in [5.74, 6) is 6.16. The summed E-state index contributed by atoms with van der Waals surface area (Å²) in [6.07, 6.45) is 3.68. The molecule has 0 saturated carbocycles. The van der Waals surface area contributed by atoms with Crippen LogP contribution in [0.25, 0.3) is 0 Å². The van der Waals surface area contributed by atoms with Gasteiger partial charge in [0.25, 0.3) is 0 Å². The Hall–Kier alpha value is -1.23. The molecule has 0 aliphatic heterocycles. The fraction of sp³-hybridized carbons (Fsp3) is 0.312. The van der Waals surface area contributed by atoms with E-state index in [9.17, 15) is 0 Å². The molecule has 0 saturated heterocycles. The van der Waals surface area contributed by atoms with Crippen molar-refractivity contribution >= 4 is 15.9 Å². The van der Waals surface area contributed by atoms with E-state index in [1.807, 2.05) is 24.4 Å². The number of nitrogens with one attached hydrogen (secondary N) is 1. The van der Waals surface area contributed by atoms with Crippen molar-refractivity contribution in [2.45, 2.75) is 31.7 Å². The number of nitrogens with zero attached hydrogens (tertiary/aromatic N) is 1. The predicted octanol–water partition coefficient (Wildman–Crippen LogP) is 3.41. The van der Waals surface area contributed by atoms with Gasteiger partial charge in [-0.1, -0.05) is 37.3 Å². The van der Waals surface area contributed by atoms with Gasteiger partial charge in [0.15, 0.2) is 0 Å². The van der Waals surface area contributed by atoms with Gasteiger partial charge in [0, 0.05) is 34.7 Å². The van der Waals surface area contributed by atoms with Crippen LogP contribution < -0.4 is 11.3 Å². The zero-order valence-corrected chi connectivity index (χ0v) is 13.2. The number of rotatable bonds is 6. The Kier molecular flexibility index (Phi) is 5.71. The molecule has 2 rings (SSSR count). The van der Waals surface area contributed by atoms with E-state index >= 15 is 0 Å². The van der Waals surface area contributed by atoms with Crippen LogP contribution in [0.1, 0.15) is 30.5 Å². The minimum atomic E-state index is 0.177. The summed E-state index contributed by atoms with van der Waals surface area (Å²) in [6, 6.07) is 14.7. The van der Waals surface area contributed by atoms with Gasteiger partial charge in [0.1, 0.15) is 0 Å².